The molecule has 0 atom stereocenters. The lowest BCUT2D eigenvalue weighted by molar-refractivity contribution is -0.121. The predicted octanol–water partition coefficient (Wildman–Crippen LogP) is 1.68. The van der Waals surface area contributed by atoms with Crippen LogP contribution in [0, 0.1) is 5.92 Å². The van der Waals surface area contributed by atoms with Crippen molar-refractivity contribution in [2.24, 2.45) is 13.0 Å². The minimum absolute atomic E-state index is 0.00604. The topological polar surface area (TPSA) is 81.3 Å². The van der Waals surface area contributed by atoms with Gasteiger partial charge >= 0.3 is 0 Å². The Labute approximate surface area is 145 Å². The summed E-state index contributed by atoms with van der Waals surface area (Å²) in [6, 6.07) is 7.38. The molecule has 1 aromatic carbocycles. The van der Waals surface area contributed by atoms with Crippen molar-refractivity contribution in [1.29, 1.82) is 0 Å². The predicted molar refractivity (Wildman–Crippen MR) is 96.5 cm³/mol. The SMILES string of the molecule is CC(C)CCNC(=O)CCc1nnc2n(C)c(=O)c3ccccc3n12. The summed E-state index contributed by atoms with van der Waals surface area (Å²) in [5.74, 6) is 1.74. The normalized spacial score (nSPS) is 11.5. The molecule has 0 saturated carbocycles. The zero-order valence-corrected chi connectivity index (χ0v) is 14.8. The highest BCUT2D eigenvalue weighted by atomic mass is 16.1. The molecule has 0 saturated heterocycles. The highest BCUT2D eigenvalue weighted by Crippen LogP contribution is 2.14. The van der Waals surface area contributed by atoms with E-state index in [1.165, 1.54) is 4.57 Å². The van der Waals surface area contributed by atoms with Crippen LogP contribution in [0.25, 0.3) is 16.7 Å². The van der Waals surface area contributed by atoms with Crippen LogP contribution in [0.3, 0.4) is 0 Å². The summed E-state index contributed by atoms with van der Waals surface area (Å²) in [5.41, 5.74) is 0.661. The lowest BCUT2D eigenvalue weighted by Gasteiger charge is -2.08. The van der Waals surface area contributed by atoms with Gasteiger partial charge in [-0.15, -0.1) is 10.2 Å². The second-order valence-corrected chi connectivity index (χ2v) is 6.67. The number of nitrogens with one attached hydrogen (secondary N) is 1. The quantitative estimate of drug-likeness (QED) is 0.739. The number of hydrogen-bond donors (Lipinski definition) is 1. The molecule has 0 radical (unpaired) electrons. The molecule has 0 unspecified atom stereocenters. The van der Waals surface area contributed by atoms with Gasteiger partial charge in [0.1, 0.15) is 5.82 Å². The summed E-state index contributed by atoms with van der Waals surface area (Å²) in [7, 11) is 1.68. The van der Waals surface area contributed by atoms with Crippen molar-refractivity contribution in [2.75, 3.05) is 6.54 Å². The number of carbonyl (C=O) groups excluding carboxylic acids is 1. The van der Waals surface area contributed by atoms with Gasteiger partial charge in [-0.25, -0.2) is 0 Å². The summed E-state index contributed by atoms with van der Waals surface area (Å²) < 4.78 is 3.35. The maximum absolute atomic E-state index is 12.4. The first-order valence-electron chi connectivity index (χ1n) is 8.57. The van der Waals surface area contributed by atoms with Gasteiger partial charge in [0.05, 0.1) is 10.9 Å². The minimum Gasteiger partial charge on any atom is -0.356 e. The molecule has 7 heteroatoms. The summed E-state index contributed by atoms with van der Waals surface area (Å²) >= 11 is 0. The Morgan fingerprint density at radius 2 is 2.00 bits per heavy atom. The average Bonchev–Trinajstić information content (AvgIpc) is 3.02. The van der Waals surface area contributed by atoms with Crippen molar-refractivity contribution in [2.45, 2.75) is 33.1 Å². The maximum Gasteiger partial charge on any atom is 0.262 e. The largest absolute Gasteiger partial charge is 0.356 e. The van der Waals surface area contributed by atoms with E-state index in [0.717, 1.165) is 11.9 Å². The maximum atomic E-state index is 12.4. The number of amides is 1. The molecule has 3 rings (SSSR count). The molecule has 0 bridgehead atoms. The molecule has 132 valence electrons. The molecule has 0 aliphatic heterocycles. The first kappa shape index (κ1) is 17.1. The van der Waals surface area contributed by atoms with E-state index in [-0.39, 0.29) is 11.5 Å². The monoisotopic (exact) mass is 341 g/mol. The number of para-hydroxylation sites is 1. The smallest absolute Gasteiger partial charge is 0.262 e. The van der Waals surface area contributed by atoms with Gasteiger partial charge in [-0.05, 0) is 24.5 Å². The first-order valence-corrected chi connectivity index (χ1v) is 8.57. The number of nitrogens with zero attached hydrogens (tertiary/aromatic N) is 4. The minimum atomic E-state index is -0.103. The van der Waals surface area contributed by atoms with Crippen LogP contribution < -0.4 is 10.9 Å². The highest BCUT2D eigenvalue weighted by Gasteiger charge is 2.15. The molecule has 2 heterocycles. The van der Waals surface area contributed by atoms with Crippen LogP contribution in [-0.4, -0.2) is 31.6 Å². The number of fused-ring (bicyclic) bond motifs is 3. The van der Waals surface area contributed by atoms with Crippen LogP contribution in [-0.2, 0) is 18.3 Å². The summed E-state index contributed by atoms with van der Waals surface area (Å²) in [6.07, 6.45) is 1.78. The molecule has 0 fully saturated rings. The molecule has 3 aromatic rings. The van der Waals surface area contributed by atoms with Gasteiger partial charge in [0.25, 0.3) is 5.56 Å². The summed E-state index contributed by atoms with van der Waals surface area (Å²) in [4.78, 5) is 24.4. The number of rotatable bonds is 6. The highest BCUT2D eigenvalue weighted by molar-refractivity contribution is 5.80. The van der Waals surface area contributed by atoms with Crippen molar-refractivity contribution in [1.82, 2.24) is 24.5 Å². The lowest BCUT2D eigenvalue weighted by Crippen LogP contribution is -2.25. The molecule has 7 nitrogen and oxygen atoms in total. The Bertz CT molecular complexity index is 971. The fraction of sp³-hybridized carbons (Fsp3) is 0.444. The summed E-state index contributed by atoms with van der Waals surface area (Å²) in [5, 5.41) is 11.9. The van der Waals surface area contributed by atoms with Crippen LogP contribution in [0.1, 0.15) is 32.5 Å². The van der Waals surface area contributed by atoms with Gasteiger partial charge in [-0.1, -0.05) is 26.0 Å². The van der Waals surface area contributed by atoms with E-state index in [4.69, 9.17) is 0 Å². The lowest BCUT2D eigenvalue weighted by atomic mass is 10.1. The van der Waals surface area contributed by atoms with Crippen molar-refractivity contribution in [3.05, 3.63) is 40.4 Å². The third-order valence-electron chi connectivity index (χ3n) is 4.31. The van der Waals surface area contributed by atoms with E-state index in [0.29, 0.717) is 42.3 Å². The van der Waals surface area contributed by atoms with Crippen LogP contribution in [0.15, 0.2) is 29.1 Å². The third-order valence-corrected chi connectivity index (χ3v) is 4.31. The Balaban J connectivity index is 1.86. The number of benzene rings is 1. The first-order chi connectivity index (χ1) is 12.0. The van der Waals surface area contributed by atoms with Crippen LogP contribution in [0.2, 0.25) is 0 Å². The van der Waals surface area contributed by atoms with Crippen molar-refractivity contribution >= 4 is 22.6 Å². The van der Waals surface area contributed by atoms with E-state index in [1.807, 2.05) is 22.6 Å². The van der Waals surface area contributed by atoms with Crippen LogP contribution >= 0.6 is 0 Å². The molecule has 1 N–H and O–H groups in total. The Hall–Kier alpha value is -2.70. The fourth-order valence-corrected chi connectivity index (χ4v) is 2.87. The molecule has 0 aliphatic carbocycles. The molecule has 2 aromatic heterocycles. The molecule has 0 spiro atoms. The molecular formula is C18H23N5O2. The van der Waals surface area contributed by atoms with E-state index in [9.17, 15) is 9.59 Å². The Morgan fingerprint density at radius 3 is 2.76 bits per heavy atom. The van der Waals surface area contributed by atoms with E-state index in [2.05, 4.69) is 29.4 Å². The molecule has 1 amide bonds. The van der Waals surface area contributed by atoms with Gasteiger partial charge in [-0.3, -0.25) is 18.6 Å². The number of aromatic nitrogens is 4. The van der Waals surface area contributed by atoms with Crippen LogP contribution in [0.4, 0.5) is 0 Å². The Morgan fingerprint density at radius 1 is 1.24 bits per heavy atom. The van der Waals surface area contributed by atoms with Crippen LogP contribution in [0.5, 0.6) is 0 Å². The van der Waals surface area contributed by atoms with E-state index < -0.39 is 0 Å². The second-order valence-electron chi connectivity index (χ2n) is 6.67. The van der Waals surface area contributed by atoms with E-state index in [1.54, 1.807) is 13.1 Å². The standard InChI is InChI=1S/C18H23N5O2/c1-12(2)10-11-19-16(24)9-8-15-20-21-18-22(3)17(25)13-6-4-5-7-14(13)23(15)18/h4-7,12H,8-11H2,1-3H3,(H,19,24). The van der Waals surface area contributed by atoms with Crippen molar-refractivity contribution < 1.29 is 4.79 Å². The second kappa shape index (κ2) is 7.04. The third kappa shape index (κ3) is 3.40. The zero-order chi connectivity index (χ0) is 18.0. The Kier molecular flexibility index (Phi) is 4.83. The van der Waals surface area contributed by atoms with Gasteiger partial charge in [0, 0.05) is 26.4 Å². The van der Waals surface area contributed by atoms with Crippen molar-refractivity contribution in [3.63, 3.8) is 0 Å². The number of carbonyl (C=O) groups is 1. The number of aryl methyl sites for hydroxylation is 2. The van der Waals surface area contributed by atoms with Gasteiger partial charge in [-0.2, -0.15) is 0 Å². The van der Waals surface area contributed by atoms with Gasteiger partial charge in [0.2, 0.25) is 11.7 Å². The zero-order valence-electron chi connectivity index (χ0n) is 14.8. The van der Waals surface area contributed by atoms with Gasteiger partial charge in [0.15, 0.2) is 0 Å². The molecule has 25 heavy (non-hydrogen) atoms. The van der Waals surface area contributed by atoms with Crippen molar-refractivity contribution in [3.8, 4) is 0 Å². The fourth-order valence-electron chi connectivity index (χ4n) is 2.87. The van der Waals surface area contributed by atoms with E-state index >= 15 is 0 Å². The number of hydrogen-bond acceptors (Lipinski definition) is 4. The van der Waals surface area contributed by atoms with Gasteiger partial charge < -0.3 is 5.32 Å². The molecule has 0 aliphatic rings. The molecular weight excluding hydrogens is 318 g/mol. The average molecular weight is 341 g/mol. The summed E-state index contributed by atoms with van der Waals surface area (Å²) in [6.45, 7) is 4.95.